The lowest BCUT2D eigenvalue weighted by molar-refractivity contribution is 0.00578. The van der Waals surface area contributed by atoms with Crippen molar-refractivity contribution in [3.05, 3.63) is 47.5 Å². The minimum absolute atomic E-state index is 0.282. The van der Waals surface area contributed by atoms with Gasteiger partial charge in [-0.3, -0.25) is 0 Å². The maximum absolute atomic E-state index is 6.29. The molecule has 2 aromatic carbocycles. The third kappa shape index (κ3) is 3.14. The van der Waals surface area contributed by atoms with Crippen molar-refractivity contribution < 1.29 is 18.6 Å². The quantitative estimate of drug-likeness (QED) is 0.659. The van der Waals surface area contributed by atoms with E-state index < -0.39 is 0 Å². The molecule has 0 N–H and O–H groups in total. The highest BCUT2D eigenvalue weighted by Gasteiger charge is 2.53. The largest absolute Gasteiger partial charge is 0.494 e. The highest BCUT2D eigenvalue weighted by Crippen LogP contribution is 2.45. The molecule has 2 heterocycles. The summed E-state index contributed by atoms with van der Waals surface area (Å²) in [6.07, 6.45) is 0. The number of benzene rings is 2. The van der Waals surface area contributed by atoms with Crippen LogP contribution in [0.5, 0.6) is 0 Å². The summed E-state index contributed by atoms with van der Waals surface area (Å²) in [5.74, 6) is 0.282. The number of rotatable bonds is 2. The second-order valence-corrected chi connectivity index (χ2v) is 11.6. The maximum Gasteiger partial charge on any atom is 0.494 e. The Morgan fingerprint density at radius 1 is 0.562 bits per heavy atom. The first-order valence-corrected chi connectivity index (χ1v) is 11.7. The van der Waals surface area contributed by atoms with E-state index in [1.165, 1.54) is 22.3 Å². The van der Waals surface area contributed by atoms with E-state index in [9.17, 15) is 0 Å². The van der Waals surface area contributed by atoms with Crippen LogP contribution in [0.4, 0.5) is 0 Å². The first kappa shape index (κ1) is 22.2. The molecule has 2 fully saturated rings. The number of hydrogen-bond acceptors (Lipinski definition) is 4. The average molecular weight is 432 g/mol. The summed E-state index contributed by atoms with van der Waals surface area (Å²) < 4.78 is 25.2. The van der Waals surface area contributed by atoms with E-state index in [0.29, 0.717) is 0 Å². The summed E-state index contributed by atoms with van der Waals surface area (Å²) in [7, 11) is -0.692. The van der Waals surface area contributed by atoms with Crippen LogP contribution >= 0.6 is 0 Å². The van der Waals surface area contributed by atoms with E-state index in [1.54, 1.807) is 0 Å². The van der Waals surface area contributed by atoms with E-state index in [0.717, 1.165) is 10.9 Å². The smallest absolute Gasteiger partial charge is 0.399 e. The first-order chi connectivity index (χ1) is 14.7. The monoisotopic (exact) mass is 432 g/mol. The van der Waals surface area contributed by atoms with Crippen molar-refractivity contribution in [3.8, 4) is 11.1 Å². The summed E-state index contributed by atoms with van der Waals surface area (Å²) in [5.41, 5.74) is 5.98. The van der Waals surface area contributed by atoms with Gasteiger partial charge in [0.15, 0.2) is 0 Å². The van der Waals surface area contributed by atoms with Gasteiger partial charge < -0.3 is 18.6 Å². The van der Waals surface area contributed by atoms with Gasteiger partial charge in [-0.15, -0.1) is 0 Å². The van der Waals surface area contributed by atoms with Crippen LogP contribution in [0.3, 0.4) is 0 Å². The first-order valence-electron chi connectivity index (χ1n) is 11.7. The zero-order chi connectivity index (χ0) is 23.3. The molecular weight excluding hydrogens is 398 g/mol. The molecule has 2 saturated heterocycles. The predicted molar refractivity (Wildman–Crippen MR) is 131 cm³/mol. The van der Waals surface area contributed by atoms with Crippen LogP contribution in [-0.4, -0.2) is 36.6 Å². The van der Waals surface area contributed by atoms with Crippen molar-refractivity contribution in [3.63, 3.8) is 0 Å². The Kier molecular flexibility index (Phi) is 4.67. The van der Waals surface area contributed by atoms with Gasteiger partial charge in [0.1, 0.15) is 0 Å². The van der Waals surface area contributed by atoms with Crippen molar-refractivity contribution in [1.82, 2.24) is 0 Å². The third-order valence-electron chi connectivity index (χ3n) is 8.43. The molecule has 168 valence electrons. The van der Waals surface area contributed by atoms with Crippen molar-refractivity contribution >= 4 is 25.2 Å². The minimum atomic E-state index is -0.346. The molecular formula is C26H34B2O4. The Morgan fingerprint density at radius 3 is 1.19 bits per heavy atom. The highest BCUT2D eigenvalue weighted by molar-refractivity contribution is 6.62. The Bertz CT molecular complexity index is 972. The van der Waals surface area contributed by atoms with E-state index in [-0.39, 0.29) is 42.6 Å². The van der Waals surface area contributed by atoms with Crippen molar-refractivity contribution in [2.24, 2.45) is 0 Å². The van der Waals surface area contributed by atoms with Crippen LogP contribution in [0.25, 0.3) is 11.1 Å². The Balaban J connectivity index is 1.45. The normalized spacial score (nSPS) is 24.7. The van der Waals surface area contributed by atoms with Crippen molar-refractivity contribution in [2.45, 2.75) is 90.6 Å². The second-order valence-electron chi connectivity index (χ2n) is 11.6. The average Bonchev–Trinajstić information content (AvgIpc) is 3.19. The van der Waals surface area contributed by atoms with Crippen LogP contribution in [0.2, 0.25) is 0 Å². The molecule has 6 heteroatoms. The maximum atomic E-state index is 6.29. The molecule has 0 spiro atoms. The zero-order valence-corrected chi connectivity index (χ0v) is 20.8. The van der Waals surface area contributed by atoms with Crippen molar-refractivity contribution in [2.75, 3.05) is 0 Å². The highest BCUT2D eigenvalue weighted by atomic mass is 16.7. The third-order valence-corrected chi connectivity index (χ3v) is 8.43. The summed E-state index contributed by atoms with van der Waals surface area (Å²) in [6.45, 7) is 19.0. The molecule has 0 unspecified atom stereocenters. The number of hydrogen-bond donors (Lipinski definition) is 0. The SMILES string of the molecule is CC1c2cc(B3OC(C)(C)C(C)(C)O3)ccc2-c2ccc(B3OC(C)(C)C(C)(C)O3)cc21. The van der Waals surface area contributed by atoms with Gasteiger partial charge in [-0.2, -0.15) is 0 Å². The van der Waals surface area contributed by atoms with E-state index in [2.05, 4.69) is 98.7 Å². The van der Waals surface area contributed by atoms with Gasteiger partial charge >= 0.3 is 14.2 Å². The van der Waals surface area contributed by atoms with E-state index in [4.69, 9.17) is 18.6 Å². The number of fused-ring (bicyclic) bond motifs is 3. The van der Waals surface area contributed by atoms with Gasteiger partial charge in [0.05, 0.1) is 22.4 Å². The molecule has 0 radical (unpaired) electrons. The van der Waals surface area contributed by atoms with Crippen LogP contribution in [0.1, 0.15) is 79.4 Å². The molecule has 2 aromatic rings. The molecule has 0 saturated carbocycles. The lowest BCUT2D eigenvalue weighted by Crippen LogP contribution is -2.41. The fourth-order valence-electron chi connectivity index (χ4n) is 4.79. The fourth-order valence-corrected chi connectivity index (χ4v) is 4.79. The molecule has 5 rings (SSSR count). The lowest BCUT2D eigenvalue weighted by atomic mass is 9.77. The molecule has 0 bridgehead atoms. The molecule has 0 aromatic heterocycles. The predicted octanol–water partition coefficient (Wildman–Crippen LogP) is 4.42. The molecule has 4 nitrogen and oxygen atoms in total. The van der Waals surface area contributed by atoms with E-state index in [1.807, 2.05) is 0 Å². The van der Waals surface area contributed by atoms with Crippen molar-refractivity contribution in [1.29, 1.82) is 0 Å². The summed E-state index contributed by atoms with van der Waals surface area (Å²) in [4.78, 5) is 0. The summed E-state index contributed by atoms with van der Waals surface area (Å²) in [6, 6.07) is 13.2. The molecule has 0 atom stereocenters. The van der Waals surface area contributed by atoms with Gasteiger partial charge in [-0.25, -0.2) is 0 Å². The summed E-state index contributed by atoms with van der Waals surface area (Å²) >= 11 is 0. The topological polar surface area (TPSA) is 36.9 Å². The van der Waals surface area contributed by atoms with E-state index >= 15 is 0 Å². The Morgan fingerprint density at radius 2 is 0.875 bits per heavy atom. The molecule has 3 aliphatic rings. The van der Waals surface area contributed by atoms with Crippen LogP contribution in [-0.2, 0) is 18.6 Å². The second kappa shape index (κ2) is 6.73. The van der Waals surface area contributed by atoms with Gasteiger partial charge in [0, 0.05) is 5.92 Å². The minimum Gasteiger partial charge on any atom is -0.399 e. The Hall–Kier alpha value is -1.59. The van der Waals surface area contributed by atoms with Gasteiger partial charge in [-0.05, 0) is 88.6 Å². The van der Waals surface area contributed by atoms with Gasteiger partial charge in [0.25, 0.3) is 0 Å². The van der Waals surface area contributed by atoms with Gasteiger partial charge in [0.2, 0.25) is 0 Å². The van der Waals surface area contributed by atoms with Crippen LogP contribution in [0, 0.1) is 0 Å². The zero-order valence-electron chi connectivity index (χ0n) is 20.8. The molecule has 2 aliphatic heterocycles. The van der Waals surface area contributed by atoms with Crippen LogP contribution in [0.15, 0.2) is 36.4 Å². The van der Waals surface area contributed by atoms with Crippen LogP contribution < -0.4 is 10.9 Å². The lowest BCUT2D eigenvalue weighted by Gasteiger charge is -2.32. The van der Waals surface area contributed by atoms with Gasteiger partial charge in [-0.1, -0.05) is 43.3 Å². The Labute approximate surface area is 193 Å². The summed E-state index contributed by atoms with van der Waals surface area (Å²) in [5, 5.41) is 0. The fraction of sp³-hybridized carbons (Fsp3) is 0.538. The molecule has 32 heavy (non-hydrogen) atoms. The molecule has 1 aliphatic carbocycles. The molecule has 0 amide bonds. The standard InChI is InChI=1S/C26H34B2O4/c1-16-21-14-17(27-29-23(2,3)24(4,5)30-27)10-12-19(21)20-13-11-18(15-22(16)20)28-31-25(6,7)26(8,9)32-28/h10-16H,1-9H3.